The van der Waals surface area contributed by atoms with Crippen LogP contribution in [0.15, 0.2) is 12.1 Å². The summed E-state index contributed by atoms with van der Waals surface area (Å²) in [6.45, 7) is 4.67. The average Bonchev–Trinajstić information content (AvgIpc) is 2.68. The Labute approximate surface area is 107 Å². The molecule has 1 aromatic rings. The zero-order valence-corrected chi connectivity index (χ0v) is 10.9. The number of nitrogen functional groups attached to an aromatic ring is 1. The first-order chi connectivity index (χ1) is 8.04. The number of rotatable bonds is 2. The van der Waals surface area contributed by atoms with E-state index in [-0.39, 0.29) is 11.8 Å². The lowest BCUT2D eigenvalue weighted by atomic mass is 10.1. The highest BCUT2D eigenvalue weighted by Crippen LogP contribution is 2.33. The molecule has 1 aliphatic heterocycles. The molecule has 2 N–H and O–H groups in total. The van der Waals surface area contributed by atoms with E-state index in [0.29, 0.717) is 24.5 Å². The predicted molar refractivity (Wildman–Crippen MR) is 71.5 cm³/mol. The van der Waals surface area contributed by atoms with Crippen molar-refractivity contribution in [2.24, 2.45) is 5.92 Å². The van der Waals surface area contributed by atoms with Crippen LogP contribution in [0.5, 0.6) is 0 Å². The molecule has 3 nitrogen and oxygen atoms in total. The van der Waals surface area contributed by atoms with Crippen molar-refractivity contribution in [2.45, 2.75) is 20.3 Å². The van der Waals surface area contributed by atoms with Gasteiger partial charge >= 0.3 is 0 Å². The zero-order chi connectivity index (χ0) is 12.6. The number of carbonyl (C=O) groups excluding carboxylic acids is 1. The highest BCUT2D eigenvalue weighted by Gasteiger charge is 2.31. The maximum Gasteiger partial charge on any atom is 0.227 e. The molecule has 1 unspecified atom stereocenters. The maximum atomic E-state index is 11.9. The van der Waals surface area contributed by atoms with Gasteiger partial charge in [-0.05, 0) is 37.0 Å². The van der Waals surface area contributed by atoms with Gasteiger partial charge in [-0.1, -0.05) is 6.07 Å². The van der Waals surface area contributed by atoms with Crippen molar-refractivity contribution in [3.63, 3.8) is 0 Å². The molecule has 1 aromatic carbocycles. The number of carbonyl (C=O) groups is 1. The monoisotopic (exact) mass is 252 g/mol. The Kier molecular flexibility index (Phi) is 3.29. The van der Waals surface area contributed by atoms with Gasteiger partial charge < -0.3 is 10.6 Å². The quantitative estimate of drug-likeness (QED) is 0.649. The van der Waals surface area contributed by atoms with Crippen LogP contribution < -0.4 is 10.6 Å². The van der Waals surface area contributed by atoms with Gasteiger partial charge in [0.25, 0.3) is 0 Å². The number of aryl methyl sites for hydroxylation is 1. The second kappa shape index (κ2) is 4.57. The molecule has 0 bridgehead atoms. The van der Waals surface area contributed by atoms with Crippen LogP contribution in [0.25, 0.3) is 0 Å². The van der Waals surface area contributed by atoms with Crippen LogP contribution in [-0.4, -0.2) is 18.3 Å². The number of amides is 1. The molecule has 1 saturated heterocycles. The number of hydrogen-bond acceptors (Lipinski definition) is 2. The summed E-state index contributed by atoms with van der Waals surface area (Å²) in [4.78, 5) is 13.7. The number of hydrogen-bond donors (Lipinski definition) is 1. The van der Waals surface area contributed by atoms with Gasteiger partial charge in [0.2, 0.25) is 5.91 Å². The standard InChI is InChI=1S/C13H17ClN2O/c1-8-3-4-11(13(15)9(8)2)16-7-10(6-14)5-12(16)17/h3-4,10H,5-7,15H2,1-2H3. The third-order valence-electron chi connectivity index (χ3n) is 3.48. The third kappa shape index (κ3) is 2.12. The Morgan fingerprint density at radius 1 is 1.47 bits per heavy atom. The summed E-state index contributed by atoms with van der Waals surface area (Å²) in [5, 5.41) is 0. The number of anilines is 2. The van der Waals surface area contributed by atoms with E-state index in [1.807, 2.05) is 26.0 Å². The van der Waals surface area contributed by atoms with E-state index in [1.165, 1.54) is 0 Å². The van der Waals surface area contributed by atoms with Crippen LogP contribution in [0.1, 0.15) is 17.5 Å². The molecule has 1 atom stereocenters. The normalized spacial score (nSPS) is 20.1. The fraction of sp³-hybridized carbons (Fsp3) is 0.462. The molecule has 1 amide bonds. The van der Waals surface area contributed by atoms with Crippen molar-refractivity contribution in [3.05, 3.63) is 23.3 Å². The Balaban J connectivity index is 2.35. The van der Waals surface area contributed by atoms with E-state index in [9.17, 15) is 4.79 Å². The highest BCUT2D eigenvalue weighted by molar-refractivity contribution is 6.18. The van der Waals surface area contributed by atoms with E-state index in [2.05, 4.69) is 0 Å². The van der Waals surface area contributed by atoms with Crippen molar-refractivity contribution in [1.82, 2.24) is 0 Å². The van der Waals surface area contributed by atoms with Crippen LogP contribution in [0.4, 0.5) is 11.4 Å². The molecule has 0 saturated carbocycles. The van der Waals surface area contributed by atoms with Crippen LogP contribution in [0.2, 0.25) is 0 Å². The Morgan fingerprint density at radius 3 is 2.76 bits per heavy atom. The predicted octanol–water partition coefficient (Wildman–Crippen LogP) is 2.48. The molecule has 0 radical (unpaired) electrons. The molecule has 1 heterocycles. The minimum atomic E-state index is 0.116. The SMILES string of the molecule is Cc1ccc(N2CC(CCl)CC2=O)c(N)c1C. The first-order valence-corrected chi connectivity index (χ1v) is 6.30. The Hall–Kier alpha value is -1.22. The highest BCUT2D eigenvalue weighted by atomic mass is 35.5. The number of alkyl halides is 1. The molecule has 0 aliphatic carbocycles. The van der Waals surface area contributed by atoms with Gasteiger partial charge in [0.05, 0.1) is 11.4 Å². The summed E-state index contributed by atoms with van der Waals surface area (Å²) in [5.74, 6) is 0.878. The summed E-state index contributed by atoms with van der Waals surface area (Å²) in [7, 11) is 0. The van der Waals surface area contributed by atoms with E-state index >= 15 is 0 Å². The summed E-state index contributed by atoms with van der Waals surface area (Å²) in [6, 6.07) is 3.93. The van der Waals surface area contributed by atoms with E-state index in [0.717, 1.165) is 16.8 Å². The van der Waals surface area contributed by atoms with E-state index < -0.39 is 0 Å². The van der Waals surface area contributed by atoms with Crippen molar-refractivity contribution in [1.29, 1.82) is 0 Å². The number of benzene rings is 1. The minimum Gasteiger partial charge on any atom is -0.397 e. The van der Waals surface area contributed by atoms with E-state index in [1.54, 1.807) is 4.90 Å². The second-order valence-electron chi connectivity index (χ2n) is 4.67. The zero-order valence-electron chi connectivity index (χ0n) is 10.2. The molecule has 0 spiro atoms. The van der Waals surface area contributed by atoms with Crippen molar-refractivity contribution < 1.29 is 4.79 Å². The molecular formula is C13H17ClN2O. The summed E-state index contributed by atoms with van der Waals surface area (Å²) in [5.41, 5.74) is 9.80. The molecular weight excluding hydrogens is 236 g/mol. The molecule has 4 heteroatoms. The maximum absolute atomic E-state index is 11.9. The Morgan fingerprint density at radius 2 is 2.18 bits per heavy atom. The second-order valence-corrected chi connectivity index (χ2v) is 4.98. The van der Waals surface area contributed by atoms with Gasteiger partial charge in [-0.2, -0.15) is 0 Å². The molecule has 0 aromatic heterocycles. The van der Waals surface area contributed by atoms with Crippen molar-refractivity contribution in [2.75, 3.05) is 23.1 Å². The average molecular weight is 253 g/mol. The molecule has 17 heavy (non-hydrogen) atoms. The van der Waals surface area contributed by atoms with Crippen LogP contribution in [-0.2, 0) is 4.79 Å². The summed E-state index contributed by atoms with van der Waals surface area (Å²) >= 11 is 5.81. The lowest BCUT2D eigenvalue weighted by Crippen LogP contribution is -2.26. The van der Waals surface area contributed by atoms with Crippen LogP contribution >= 0.6 is 11.6 Å². The lowest BCUT2D eigenvalue weighted by molar-refractivity contribution is -0.117. The topological polar surface area (TPSA) is 46.3 Å². The van der Waals surface area contributed by atoms with Gasteiger partial charge in [0.15, 0.2) is 0 Å². The number of nitrogens with two attached hydrogens (primary N) is 1. The van der Waals surface area contributed by atoms with Crippen molar-refractivity contribution in [3.8, 4) is 0 Å². The van der Waals surface area contributed by atoms with Crippen molar-refractivity contribution >= 4 is 28.9 Å². The van der Waals surface area contributed by atoms with Gasteiger partial charge in [0.1, 0.15) is 0 Å². The Bertz CT molecular complexity index is 459. The van der Waals surface area contributed by atoms with Crippen LogP contribution in [0, 0.1) is 19.8 Å². The fourth-order valence-corrected chi connectivity index (χ4v) is 2.38. The minimum absolute atomic E-state index is 0.116. The van der Waals surface area contributed by atoms with Crippen LogP contribution in [0.3, 0.4) is 0 Å². The molecule has 2 rings (SSSR count). The lowest BCUT2D eigenvalue weighted by Gasteiger charge is -2.20. The fourth-order valence-electron chi connectivity index (χ4n) is 2.18. The summed E-state index contributed by atoms with van der Waals surface area (Å²) < 4.78 is 0. The van der Waals surface area contributed by atoms with Gasteiger partial charge in [-0.15, -0.1) is 11.6 Å². The molecule has 92 valence electrons. The first-order valence-electron chi connectivity index (χ1n) is 5.76. The number of halogens is 1. The van der Waals surface area contributed by atoms with Gasteiger partial charge in [-0.3, -0.25) is 4.79 Å². The first kappa shape index (κ1) is 12.2. The number of nitrogens with zero attached hydrogens (tertiary/aromatic N) is 1. The van der Waals surface area contributed by atoms with E-state index in [4.69, 9.17) is 17.3 Å². The largest absolute Gasteiger partial charge is 0.397 e. The third-order valence-corrected chi connectivity index (χ3v) is 3.91. The van der Waals surface area contributed by atoms with Gasteiger partial charge in [-0.25, -0.2) is 0 Å². The molecule has 1 aliphatic rings. The van der Waals surface area contributed by atoms with Gasteiger partial charge in [0, 0.05) is 18.8 Å². The smallest absolute Gasteiger partial charge is 0.227 e. The molecule has 1 fully saturated rings. The summed E-state index contributed by atoms with van der Waals surface area (Å²) in [6.07, 6.45) is 0.524.